The summed E-state index contributed by atoms with van der Waals surface area (Å²) in [5.41, 5.74) is 5.34. The zero-order valence-corrected chi connectivity index (χ0v) is 11.0. The standard InChI is InChI=1S/C13H20N2O3/c1-4-13(2,8-14)15-12(17)9-6-5-7-10(18-3)11(9)16/h5-7,16H,4,8,14H2,1-3H3,(H,15,17). The van der Waals surface area contributed by atoms with E-state index in [1.54, 1.807) is 18.2 Å². The van der Waals surface area contributed by atoms with Crippen molar-refractivity contribution in [3.63, 3.8) is 0 Å². The molecule has 0 aliphatic rings. The molecule has 18 heavy (non-hydrogen) atoms. The van der Waals surface area contributed by atoms with Gasteiger partial charge in [-0.1, -0.05) is 13.0 Å². The van der Waals surface area contributed by atoms with Crippen LogP contribution in [-0.4, -0.2) is 30.2 Å². The van der Waals surface area contributed by atoms with Crippen molar-refractivity contribution in [3.05, 3.63) is 23.8 Å². The smallest absolute Gasteiger partial charge is 0.255 e. The minimum Gasteiger partial charge on any atom is -0.504 e. The summed E-state index contributed by atoms with van der Waals surface area (Å²) in [6, 6.07) is 4.78. The summed E-state index contributed by atoms with van der Waals surface area (Å²) in [6.45, 7) is 4.14. The number of carbonyl (C=O) groups is 1. The molecule has 0 heterocycles. The molecule has 0 bridgehead atoms. The highest BCUT2D eigenvalue weighted by Gasteiger charge is 2.25. The summed E-state index contributed by atoms with van der Waals surface area (Å²) < 4.78 is 4.96. The van der Waals surface area contributed by atoms with E-state index in [4.69, 9.17) is 10.5 Å². The number of ether oxygens (including phenoxy) is 1. The number of carbonyl (C=O) groups excluding carboxylic acids is 1. The summed E-state index contributed by atoms with van der Waals surface area (Å²) in [5.74, 6) is -0.247. The Labute approximate surface area is 107 Å². The topological polar surface area (TPSA) is 84.6 Å². The second-order valence-electron chi connectivity index (χ2n) is 4.43. The fourth-order valence-electron chi connectivity index (χ4n) is 1.50. The lowest BCUT2D eigenvalue weighted by Gasteiger charge is -2.28. The number of rotatable bonds is 5. The third-order valence-corrected chi connectivity index (χ3v) is 3.11. The summed E-state index contributed by atoms with van der Waals surface area (Å²) >= 11 is 0. The Kier molecular flexibility index (Phi) is 4.55. The van der Waals surface area contributed by atoms with Crippen molar-refractivity contribution in [2.75, 3.05) is 13.7 Å². The van der Waals surface area contributed by atoms with Crippen molar-refractivity contribution in [1.29, 1.82) is 0 Å². The summed E-state index contributed by atoms with van der Waals surface area (Å²) in [5, 5.41) is 12.7. The van der Waals surface area contributed by atoms with Gasteiger partial charge >= 0.3 is 0 Å². The number of para-hydroxylation sites is 1. The van der Waals surface area contributed by atoms with Gasteiger partial charge in [0, 0.05) is 12.1 Å². The van der Waals surface area contributed by atoms with Crippen molar-refractivity contribution < 1.29 is 14.6 Å². The molecule has 0 aliphatic carbocycles. The van der Waals surface area contributed by atoms with Crippen LogP contribution in [-0.2, 0) is 0 Å². The van der Waals surface area contributed by atoms with Crippen LogP contribution in [0.3, 0.4) is 0 Å². The summed E-state index contributed by atoms with van der Waals surface area (Å²) in [6.07, 6.45) is 0.708. The molecule has 0 saturated heterocycles. The molecule has 0 aliphatic heterocycles. The van der Waals surface area contributed by atoms with E-state index in [1.165, 1.54) is 7.11 Å². The van der Waals surface area contributed by atoms with Gasteiger partial charge in [0.1, 0.15) is 0 Å². The van der Waals surface area contributed by atoms with Crippen LogP contribution >= 0.6 is 0 Å². The highest BCUT2D eigenvalue weighted by molar-refractivity contribution is 5.98. The van der Waals surface area contributed by atoms with E-state index in [-0.39, 0.29) is 23.0 Å². The maximum Gasteiger partial charge on any atom is 0.255 e. The van der Waals surface area contributed by atoms with Gasteiger partial charge < -0.3 is 20.9 Å². The largest absolute Gasteiger partial charge is 0.504 e. The van der Waals surface area contributed by atoms with Crippen LogP contribution in [0.1, 0.15) is 30.6 Å². The van der Waals surface area contributed by atoms with Crippen LogP contribution in [0.25, 0.3) is 0 Å². The van der Waals surface area contributed by atoms with Crippen molar-refractivity contribution in [3.8, 4) is 11.5 Å². The van der Waals surface area contributed by atoms with E-state index in [9.17, 15) is 9.90 Å². The molecule has 4 N–H and O–H groups in total. The fourth-order valence-corrected chi connectivity index (χ4v) is 1.50. The van der Waals surface area contributed by atoms with E-state index < -0.39 is 5.54 Å². The van der Waals surface area contributed by atoms with Gasteiger partial charge in [0.05, 0.1) is 12.7 Å². The van der Waals surface area contributed by atoms with E-state index in [0.29, 0.717) is 13.0 Å². The van der Waals surface area contributed by atoms with E-state index >= 15 is 0 Å². The SMILES string of the molecule is CCC(C)(CN)NC(=O)c1cccc(OC)c1O. The predicted octanol–water partition coefficient (Wildman–Crippen LogP) is 1.26. The quantitative estimate of drug-likeness (QED) is 0.736. The number of hydrogen-bond acceptors (Lipinski definition) is 4. The van der Waals surface area contributed by atoms with Gasteiger partial charge in [0.15, 0.2) is 11.5 Å². The number of hydrogen-bond donors (Lipinski definition) is 3. The highest BCUT2D eigenvalue weighted by Crippen LogP contribution is 2.29. The lowest BCUT2D eigenvalue weighted by atomic mass is 9.98. The number of nitrogens with two attached hydrogens (primary N) is 1. The summed E-state index contributed by atoms with van der Waals surface area (Å²) in [4.78, 5) is 12.1. The van der Waals surface area contributed by atoms with Gasteiger partial charge in [0.2, 0.25) is 0 Å². The Balaban J connectivity index is 2.98. The molecular weight excluding hydrogens is 232 g/mol. The molecule has 1 amide bonds. The third-order valence-electron chi connectivity index (χ3n) is 3.11. The van der Waals surface area contributed by atoms with E-state index in [2.05, 4.69) is 5.32 Å². The number of benzene rings is 1. The first-order valence-corrected chi connectivity index (χ1v) is 5.86. The first-order valence-electron chi connectivity index (χ1n) is 5.86. The molecule has 100 valence electrons. The predicted molar refractivity (Wildman–Crippen MR) is 69.9 cm³/mol. The maximum absolute atomic E-state index is 12.1. The minimum absolute atomic E-state index is 0.159. The first kappa shape index (κ1) is 14.3. The Morgan fingerprint density at radius 3 is 2.72 bits per heavy atom. The Hall–Kier alpha value is -1.75. The zero-order valence-electron chi connectivity index (χ0n) is 11.0. The van der Waals surface area contributed by atoms with Crippen molar-refractivity contribution in [2.24, 2.45) is 5.73 Å². The average molecular weight is 252 g/mol. The minimum atomic E-state index is -0.480. The van der Waals surface area contributed by atoms with Gasteiger partial charge in [-0.25, -0.2) is 0 Å². The number of amides is 1. The molecule has 0 saturated carbocycles. The van der Waals surface area contributed by atoms with Gasteiger partial charge in [-0.05, 0) is 25.5 Å². The van der Waals surface area contributed by atoms with Gasteiger partial charge in [-0.15, -0.1) is 0 Å². The lowest BCUT2D eigenvalue weighted by Crippen LogP contribution is -2.50. The number of nitrogens with one attached hydrogen (secondary N) is 1. The van der Waals surface area contributed by atoms with E-state index in [1.807, 2.05) is 13.8 Å². The Morgan fingerprint density at radius 1 is 1.56 bits per heavy atom. The number of aromatic hydroxyl groups is 1. The second kappa shape index (κ2) is 5.73. The number of phenolic OH excluding ortho intramolecular Hbond substituents is 1. The Morgan fingerprint density at radius 2 is 2.22 bits per heavy atom. The molecule has 1 unspecified atom stereocenters. The number of phenols is 1. The maximum atomic E-state index is 12.1. The lowest BCUT2D eigenvalue weighted by molar-refractivity contribution is 0.0903. The van der Waals surface area contributed by atoms with Crippen LogP contribution in [0.5, 0.6) is 11.5 Å². The van der Waals surface area contributed by atoms with Crippen molar-refractivity contribution >= 4 is 5.91 Å². The van der Waals surface area contributed by atoms with Crippen LogP contribution < -0.4 is 15.8 Å². The van der Waals surface area contributed by atoms with Gasteiger partial charge in [-0.3, -0.25) is 4.79 Å². The molecule has 1 atom stereocenters. The van der Waals surface area contributed by atoms with E-state index in [0.717, 1.165) is 0 Å². The monoisotopic (exact) mass is 252 g/mol. The molecule has 0 radical (unpaired) electrons. The van der Waals surface area contributed by atoms with Crippen LogP contribution in [0.2, 0.25) is 0 Å². The zero-order chi connectivity index (χ0) is 13.8. The fraction of sp³-hybridized carbons (Fsp3) is 0.462. The van der Waals surface area contributed by atoms with Gasteiger partial charge in [0.25, 0.3) is 5.91 Å². The van der Waals surface area contributed by atoms with Crippen LogP contribution in [0, 0.1) is 0 Å². The van der Waals surface area contributed by atoms with Crippen LogP contribution in [0.4, 0.5) is 0 Å². The third kappa shape index (κ3) is 2.92. The second-order valence-corrected chi connectivity index (χ2v) is 4.43. The summed E-state index contributed by atoms with van der Waals surface area (Å²) in [7, 11) is 1.44. The molecule has 0 spiro atoms. The average Bonchev–Trinajstić information content (AvgIpc) is 2.38. The van der Waals surface area contributed by atoms with Crippen molar-refractivity contribution in [2.45, 2.75) is 25.8 Å². The molecule has 1 rings (SSSR count). The van der Waals surface area contributed by atoms with Crippen LogP contribution in [0.15, 0.2) is 18.2 Å². The molecule has 0 aromatic heterocycles. The number of methoxy groups -OCH3 is 1. The molecule has 1 aromatic rings. The molecule has 1 aromatic carbocycles. The Bertz CT molecular complexity index is 428. The molecular formula is C13H20N2O3. The molecule has 5 heteroatoms. The molecule has 0 fully saturated rings. The van der Waals surface area contributed by atoms with Gasteiger partial charge in [-0.2, -0.15) is 0 Å². The van der Waals surface area contributed by atoms with Crippen molar-refractivity contribution in [1.82, 2.24) is 5.32 Å². The highest BCUT2D eigenvalue weighted by atomic mass is 16.5. The normalized spacial score (nSPS) is 13.8. The first-order chi connectivity index (χ1) is 8.47. The molecule has 5 nitrogen and oxygen atoms in total.